The minimum absolute atomic E-state index is 0.276. The molecule has 0 amide bonds. The molecule has 0 saturated heterocycles. The molecule has 1 N–H and O–H groups in total. The standard InChI is InChI=1S/C11H12FN3S/c1-2-9-10(12)11(15-7-14-9)13-5-8-3-4-16-6-8/h3-4,6-7H,2,5H2,1H3,(H,13,14,15). The van der Waals surface area contributed by atoms with Crippen LogP contribution in [0.4, 0.5) is 10.2 Å². The first-order valence-electron chi connectivity index (χ1n) is 5.05. The molecule has 2 aromatic rings. The second-order valence-electron chi connectivity index (χ2n) is 3.32. The monoisotopic (exact) mass is 237 g/mol. The topological polar surface area (TPSA) is 37.8 Å². The smallest absolute Gasteiger partial charge is 0.186 e. The van der Waals surface area contributed by atoms with E-state index in [-0.39, 0.29) is 11.6 Å². The number of hydrogen-bond donors (Lipinski definition) is 1. The van der Waals surface area contributed by atoms with Crippen molar-refractivity contribution in [2.45, 2.75) is 19.9 Å². The van der Waals surface area contributed by atoms with Crippen molar-refractivity contribution in [1.29, 1.82) is 0 Å². The van der Waals surface area contributed by atoms with Gasteiger partial charge in [-0.1, -0.05) is 6.92 Å². The highest BCUT2D eigenvalue weighted by Crippen LogP contribution is 2.15. The zero-order valence-electron chi connectivity index (χ0n) is 8.90. The van der Waals surface area contributed by atoms with E-state index in [1.807, 2.05) is 23.8 Å². The number of anilines is 1. The first kappa shape index (κ1) is 11.0. The van der Waals surface area contributed by atoms with Gasteiger partial charge >= 0.3 is 0 Å². The summed E-state index contributed by atoms with van der Waals surface area (Å²) in [6, 6.07) is 2.00. The summed E-state index contributed by atoms with van der Waals surface area (Å²) in [6.45, 7) is 2.45. The fraction of sp³-hybridized carbons (Fsp3) is 0.273. The summed E-state index contributed by atoms with van der Waals surface area (Å²) in [6.07, 6.45) is 1.96. The van der Waals surface area contributed by atoms with E-state index in [2.05, 4.69) is 15.3 Å². The lowest BCUT2D eigenvalue weighted by atomic mass is 10.3. The number of aryl methyl sites for hydroxylation is 1. The van der Waals surface area contributed by atoms with Crippen molar-refractivity contribution in [3.05, 3.63) is 40.2 Å². The second-order valence-corrected chi connectivity index (χ2v) is 4.10. The summed E-state index contributed by atoms with van der Waals surface area (Å²) < 4.78 is 13.7. The lowest BCUT2D eigenvalue weighted by Crippen LogP contribution is -2.06. The molecule has 0 aliphatic carbocycles. The van der Waals surface area contributed by atoms with Crippen LogP contribution >= 0.6 is 11.3 Å². The molecule has 2 aromatic heterocycles. The average Bonchev–Trinajstić information content (AvgIpc) is 2.81. The molecule has 84 valence electrons. The number of rotatable bonds is 4. The highest BCUT2D eigenvalue weighted by atomic mass is 32.1. The van der Waals surface area contributed by atoms with E-state index >= 15 is 0 Å². The molecule has 0 spiro atoms. The molecule has 2 rings (SSSR count). The Morgan fingerprint density at radius 3 is 3.00 bits per heavy atom. The summed E-state index contributed by atoms with van der Waals surface area (Å²) in [5.74, 6) is -0.0710. The predicted octanol–water partition coefficient (Wildman–Crippen LogP) is 2.85. The lowest BCUT2D eigenvalue weighted by Gasteiger charge is -2.06. The molecule has 16 heavy (non-hydrogen) atoms. The molecule has 3 nitrogen and oxygen atoms in total. The predicted molar refractivity (Wildman–Crippen MR) is 63.0 cm³/mol. The van der Waals surface area contributed by atoms with E-state index in [0.717, 1.165) is 5.56 Å². The Morgan fingerprint density at radius 1 is 1.44 bits per heavy atom. The van der Waals surface area contributed by atoms with E-state index in [0.29, 0.717) is 18.7 Å². The quantitative estimate of drug-likeness (QED) is 0.888. The van der Waals surface area contributed by atoms with Gasteiger partial charge in [0.1, 0.15) is 6.33 Å². The Labute approximate surface area is 97.4 Å². The molecule has 0 aliphatic rings. The number of thiophene rings is 1. The molecule has 0 saturated carbocycles. The third-order valence-corrected chi connectivity index (χ3v) is 2.97. The van der Waals surface area contributed by atoms with Crippen LogP contribution in [0.5, 0.6) is 0 Å². The highest BCUT2D eigenvalue weighted by molar-refractivity contribution is 7.07. The van der Waals surface area contributed by atoms with Gasteiger partial charge in [0.15, 0.2) is 11.6 Å². The van der Waals surface area contributed by atoms with Gasteiger partial charge in [0, 0.05) is 6.54 Å². The molecule has 5 heteroatoms. The van der Waals surface area contributed by atoms with Crippen LogP contribution < -0.4 is 5.32 Å². The zero-order valence-corrected chi connectivity index (χ0v) is 9.72. The van der Waals surface area contributed by atoms with Crippen LogP contribution in [-0.4, -0.2) is 9.97 Å². The normalized spacial score (nSPS) is 10.4. The largest absolute Gasteiger partial charge is 0.363 e. The van der Waals surface area contributed by atoms with E-state index in [1.165, 1.54) is 6.33 Å². The van der Waals surface area contributed by atoms with Crippen LogP contribution in [0, 0.1) is 5.82 Å². The summed E-state index contributed by atoms with van der Waals surface area (Å²) in [7, 11) is 0. The summed E-state index contributed by atoms with van der Waals surface area (Å²) in [4.78, 5) is 7.77. The average molecular weight is 237 g/mol. The van der Waals surface area contributed by atoms with Crippen LogP contribution in [0.2, 0.25) is 0 Å². The first-order valence-corrected chi connectivity index (χ1v) is 6.00. The fourth-order valence-electron chi connectivity index (χ4n) is 1.36. The van der Waals surface area contributed by atoms with E-state index in [1.54, 1.807) is 11.3 Å². The second kappa shape index (κ2) is 5.03. The van der Waals surface area contributed by atoms with Crippen molar-refractivity contribution in [2.24, 2.45) is 0 Å². The maximum atomic E-state index is 13.7. The van der Waals surface area contributed by atoms with Gasteiger partial charge in [-0.3, -0.25) is 0 Å². The lowest BCUT2D eigenvalue weighted by molar-refractivity contribution is 0.596. The third-order valence-electron chi connectivity index (χ3n) is 2.24. The molecular formula is C11H12FN3S. The molecule has 2 heterocycles. The summed E-state index contributed by atoms with van der Waals surface area (Å²) >= 11 is 1.62. The van der Waals surface area contributed by atoms with Crippen LogP contribution in [0.15, 0.2) is 23.2 Å². The summed E-state index contributed by atoms with van der Waals surface area (Å²) in [5, 5.41) is 6.98. The van der Waals surface area contributed by atoms with Crippen molar-refractivity contribution < 1.29 is 4.39 Å². The first-order chi connectivity index (χ1) is 7.81. The molecule has 0 atom stereocenters. The maximum Gasteiger partial charge on any atom is 0.186 e. The van der Waals surface area contributed by atoms with Gasteiger partial charge in [0.25, 0.3) is 0 Å². The number of hydrogen-bond acceptors (Lipinski definition) is 4. The molecular weight excluding hydrogens is 225 g/mol. The number of halogens is 1. The van der Waals surface area contributed by atoms with E-state index < -0.39 is 0 Å². The van der Waals surface area contributed by atoms with Crippen molar-refractivity contribution in [1.82, 2.24) is 9.97 Å². The van der Waals surface area contributed by atoms with Gasteiger partial charge in [-0.15, -0.1) is 0 Å². The molecule has 0 unspecified atom stereocenters. The van der Waals surface area contributed by atoms with Crippen LogP contribution in [-0.2, 0) is 13.0 Å². The van der Waals surface area contributed by atoms with Crippen LogP contribution in [0.3, 0.4) is 0 Å². The molecule has 0 aliphatic heterocycles. The van der Waals surface area contributed by atoms with Crippen molar-refractivity contribution in [3.63, 3.8) is 0 Å². The number of nitrogens with one attached hydrogen (secondary N) is 1. The minimum atomic E-state index is -0.347. The Balaban J connectivity index is 2.09. The van der Waals surface area contributed by atoms with Crippen molar-refractivity contribution in [2.75, 3.05) is 5.32 Å². The number of aromatic nitrogens is 2. The highest BCUT2D eigenvalue weighted by Gasteiger charge is 2.08. The van der Waals surface area contributed by atoms with Gasteiger partial charge < -0.3 is 5.32 Å². The van der Waals surface area contributed by atoms with Gasteiger partial charge in [-0.25, -0.2) is 14.4 Å². The third kappa shape index (κ3) is 2.36. The fourth-order valence-corrected chi connectivity index (χ4v) is 2.02. The number of nitrogens with zero attached hydrogens (tertiary/aromatic N) is 2. The van der Waals surface area contributed by atoms with Gasteiger partial charge in [0.2, 0.25) is 0 Å². The molecule has 0 radical (unpaired) electrons. The zero-order chi connectivity index (χ0) is 11.4. The van der Waals surface area contributed by atoms with Crippen LogP contribution in [0.1, 0.15) is 18.2 Å². The molecule has 0 bridgehead atoms. The van der Waals surface area contributed by atoms with Gasteiger partial charge in [0.05, 0.1) is 5.69 Å². The van der Waals surface area contributed by atoms with Gasteiger partial charge in [-0.05, 0) is 28.8 Å². The Bertz CT molecular complexity index is 456. The van der Waals surface area contributed by atoms with Crippen LogP contribution in [0.25, 0.3) is 0 Å². The van der Waals surface area contributed by atoms with E-state index in [9.17, 15) is 4.39 Å². The van der Waals surface area contributed by atoms with Crippen molar-refractivity contribution in [3.8, 4) is 0 Å². The minimum Gasteiger partial charge on any atom is -0.363 e. The Kier molecular flexibility index (Phi) is 3.46. The Hall–Kier alpha value is -1.49. The SMILES string of the molecule is CCc1ncnc(NCc2ccsc2)c1F. The van der Waals surface area contributed by atoms with Crippen molar-refractivity contribution >= 4 is 17.2 Å². The Morgan fingerprint density at radius 2 is 2.31 bits per heavy atom. The van der Waals surface area contributed by atoms with E-state index in [4.69, 9.17) is 0 Å². The summed E-state index contributed by atoms with van der Waals surface area (Å²) in [5.41, 5.74) is 1.57. The maximum absolute atomic E-state index is 13.7. The molecule has 0 aromatic carbocycles. The van der Waals surface area contributed by atoms with Gasteiger partial charge in [-0.2, -0.15) is 11.3 Å². The molecule has 0 fully saturated rings.